The van der Waals surface area contributed by atoms with E-state index in [1.807, 2.05) is 0 Å². The third-order valence-electron chi connectivity index (χ3n) is 11.2. The van der Waals surface area contributed by atoms with E-state index in [1.54, 1.807) is 0 Å². The maximum atomic E-state index is 12.8. The van der Waals surface area contributed by atoms with E-state index >= 15 is 0 Å². The Bertz CT molecular complexity index is 1090. The van der Waals surface area contributed by atoms with Crippen molar-refractivity contribution in [2.75, 3.05) is 19.0 Å². The van der Waals surface area contributed by atoms with Gasteiger partial charge < -0.3 is 34.3 Å². The Morgan fingerprint density at radius 2 is 0.879 bits per heavy atom. The normalized spacial score (nSPS) is 20.3. The summed E-state index contributed by atoms with van der Waals surface area (Å²) in [6.45, 7) is 3.79. The lowest BCUT2D eigenvalue weighted by molar-refractivity contribution is -0.297. The third kappa shape index (κ3) is 30.6. The van der Waals surface area contributed by atoms with E-state index in [4.69, 9.17) is 18.9 Å². The molecule has 6 atom stereocenters. The number of aliphatic hydroxyl groups is 3. The van der Waals surface area contributed by atoms with Gasteiger partial charge in [0.05, 0.1) is 6.61 Å². The van der Waals surface area contributed by atoms with Crippen molar-refractivity contribution in [3.63, 3.8) is 0 Å². The van der Waals surface area contributed by atoms with Crippen molar-refractivity contribution in [3.05, 3.63) is 0 Å². The minimum atomic E-state index is -4.60. The molecule has 0 aromatic heterocycles. The highest BCUT2D eigenvalue weighted by Gasteiger charge is 2.46. The fourth-order valence-electron chi connectivity index (χ4n) is 7.50. The van der Waals surface area contributed by atoms with Crippen molar-refractivity contribution in [1.82, 2.24) is 0 Å². The highest BCUT2D eigenvalue weighted by molar-refractivity contribution is 7.85. The predicted octanol–water partition coefficient (Wildman–Crippen LogP) is 9.68. The molecule has 0 bridgehead atoms. The van der Waals surface area contributed by atoms with Crippen LogP contribution in [0.15, 0.2) is 0 Å². The topological polar surface area (TPSA) is 186 Å². The van der Waals surface area contributed by atoms with Crippen molar-refractivity contribution in [2.24, 2.45) is 0 Å². The number of aliphatic hydroxyl groups excluding tert-OH is 3. The molecule has 2 unspecified atom stereocenters. The first-order valence-electron chi connectivity index (χ1n) is 23.6. The fraction of sp³-hybridized carbons (Fsp3) is 0.956. The number of rotatable bonds is 40. The zero-order valence-electron chi connectivity index (χ0n) is 36.7. The van der Waals surface area contributed by atoms with Crippen LogP contribution in [0.1, 0.15) is 219 Å². The molecule has 1 aliphatic heterocycles. The molecule has 0 amide bonds. The Morgan fingerprint density at radius 1 is 0.517 bits per heavy atom. The molecule has 344 valence electrons. The maximum absolute atomic E-state index is 12.8. The van der Waals surface area contributed by atoms with Crippen molar-refractivity contribution in [3.8, 4) is 0 Å². The van der Waals surface area contributed by atoms with Crippen LogP contribution in [0.25, 0.3) is 0 Å². The van der Waals surface area contributed by atoms with Gasteiger partial charge in [0, 0.05) is 12.8 Å². The van der Waals surface area contributed by atoms with Gasteiger partial charge in [-0.3, -0.25) is 14.1 Å². The zero-order valence-corrected chi connectivity index (χ0v) is 37.5. The van der Waals surface area contributed by atoms with E-state index in [0.29, 0.717) is 12.8 Å². The van der Waals surface area contributed by atoms with E-state index < -0.39 is 71.2 Å². The van der Waals surface area contributed by atoms with Gasteiger partial charge in [0.15, 0.2) is 12.4 Å². The molecule has 0 aromatic carbocycles. The molecule has 1 rings (SSSR count). The van der Waals surface area contributed by atoms with Crippen LogP contribution >= 0.6 is 0 Å². The smallest absolute Gasteiger partial charge is 0.306 e. The Morgan fingerprint density at radius 3 is 1.26 bits per heavy atom. The SMILES string of the molecule is CCCCCCCCCCCCCCCCCCC(=O)OC[C@H](CO[C@H]1O[C@H](CS(=O)(=O)O)[C@@H](O)C(O)C1O)OC(=O)CCCCCCCCCCCCCCCC. The van der Waals surface area contributed by atoms with Gasteiger partial charge in [0.1, 0.15) is 36.8 Å². The second kappa shape index (κ2) is 36.3. The van der Waals surface area contributed by atoms with Gasteiger partial charge in [-0.05, 0) is 12.8 Å². The van der Waals surface area contributed by atoms with Crippen LogP contribution < -0.4 is 0 Å². The summed E-state index contributed by atoms with van der Waals surface area (Å²) in [7, 11) is -4.60. The van der Waals surface area contributed by atoms with Crippen molar-refractivity contribution < 1.29 is 56.8 Å². The van der Waals surface area contributed by atoms with E-state index in [0.717, 1.165) is 38.5 Å². The van der Waals surface area contributed by atoms with Crippen LogP contribution in [0.4, 0.5) is 0 Å². The second-order valence-corrected chi connectivity index (χ2v) is 18.3. The summed E-state index contributed by atoms with van der Waals surface area (Å²) in [4.78, 5) is 25.4. The van der Waals surface area contributed by atoms with Crippen LogP contribution in [0.5, 0.6) is 0 Å². The molecule has 0 spiro atoms. The Balaban J connectivity index is 2.41. The fourth-order valence-corrected chi connectivity index (χ4v) is 8.19. The molecule has 1 heterocycles. The van der Waals surface area contributed by atoms with E-state index in [-0.39, 0.29) is 19.4 Å². The predicted molar refractivity (Wildman–Crippen MR) is 229 cm³/mol. The molecule has 0 aliphatic carbocycles. The first kappa shape index (κ1) is 54.7. The van der Waals surface area contributed by atoms with Crippen LogP contribution in [0.2, 0.25) is 0 Å². The number of unbranched alkanes of at least 4 members (excludes halogenated alkanes) is 28. The first-order valence-corrected chi connectivity index (χ1v) is 25.2. The lowest BCUT2D eigenvalue weighted by atomic mass is 10.00. The number of carbonyl (C=O) groups is 2. The summed E-state index contributed by atoms with van der Waals surface area (Å²) in [5, 5.41) is 30.9. The first-order chi connectivity index (χ1) is 28.0. The summed E-state index contributed by atoms with van der Waals surface area (Å²) in [6.07, 6.45) is 27.1. The number of hydrogen-bond acceptors (Lipinski definition) is 11. The molecular weight excluding hydrogens is 765 g/mol. The molecule has 13 heteroatoms. The van der Waals surface area contributed by atoms with Crippen molar-refractivity contribution in [1.29, 1.82) is 0 Å². The maximum Gasteiger partial charge on any atom is 0.306 e. The number of ether oxygens (including phenoxy) is 4. The zero-order chi connectivity index (χ0) is 42.7. The lowest BCUT2D eigenvalue weighted by Gasteiger charge is -2.40. The Hall–Kier alpha value is -1.35. The third-order valence-corrected chi connectivity index (χ3v) is 11.9. The molecule has 0 aromatic rings. The largest absolute Gasteiger partial charge is 0.462 e. The van der Waals surface area contributed by atoms with Gasteiger partial charge in [-0.25, -0.2) is 0 Å². The Labute approximate surface area is 353 Å². The number of esters is 2. The summed E-state index contributed by atoms with van der Waals surface area (Å²) < 4.78 is 54.1. The van der Waals surface area contributed by atoms with E-state index in [9.17, 15) is 37.9 Å². The highest BCUT2D eigenvalue weighted by Crippen LogP contribution is 2.24. The number of hydrogen-bond donors (Lipinski definition) is 4. The van der Waals surface area contributed by atoms with Crippen molar-refractivity contribution >= 4 is 22.1 Å². The standard InChI is InChI=1S/C45H86O12S/c1-3-5-7-9-11-13-15-17-19-20-22-23-25-27-29-31-33-40(46)54-35-38(36-55-45-44(50)43(49)42(48)39(57-45)37-58(51,52)53)56-41(47)34-32-30-28-26-24-21-18-16-14-12-10-8-6-4-2/h38-39,42-45,48-50H,3-37H2,1-2H3,(H,51,52,53)/t38-,39-,42-,43?,44?,45+/m1/s1. The van der Waals surface area contributed by atoms with Gasteiger partial charge >= 0.3 is 11.9 Å². The summed E-state index contributed by atoms with van der Waals surface area (Å²) in [6, 6.07) is 0. The minimum Gasteiger partial charge on any atom is -0.462 e. The minimum absolute atomic E-state index is 0.172. The number of carbonyl (C=O) groups excluding carboxylic acids is 2. The molecule has 1 aliphatic rings. The van der Waals surface area contributed by atoms with Crippen molar-refractivity contribution in [2.45, 2.75) is 256 Å². The van der Waals surface area contributed by atoms with E-state index in [2.05, 4.69) is 13.8 Å². The molecule has 4 N–H and O–H groups in total. The van der Waals surface area contributed by atoms with Gasteiger partial charge in [-0.2, -0.15) is 8.42 Å². The lowest BCUT2D eigenvalue weighted by Crippen LogP contribution is -2.60. The summed E-state index contributed by atoms with van der Waals surface area (Å²) in [5.74, 6) is -1.96. The summed E-state index contributed by atoms with van der Waals surface area (Å²) in [5.41, 5.74) is 0. The average molecular weight is 851 g/mol. The van der Waals surface area contributed by atoms with Gasteiger partial charge in [0.2, 0.25) is 0 Å². The Kier molecular flexibility index (Phi) is 34.2. The highest BCUT2D eigenvalue weighted by atomic mass is 32.2. The van der Waals surface area contributed by atoms with Crippen LogP contribution in [-0.4, -0.2) is 96.0 Å². The van der Waals surface area contributed by atoms with E-state index in [1.165, 1.54) is 141 Å². The quantitative estimate of drug-likeness (QED) is 0.0260. The molecule has 58 heavy (non-hydrogen) atoms. The van der Waals surface area contributed by atoms with Gasteiger partial charge in [-0.15, -0.1) is 0 Å². The average Bonchev–Trinajstić information content (AvgIpc) is 3.18. The molecule has 12 nitrogen and oxygen atoms in total. The van der Waals surface area contributed by atoms with Crippen LogP contribution in [-0.2, 0) is 38.7 Å². The van der Waals surface area contributed by atoms with Gasteiger partial charge in [-0.1, -0.05) is 194 Å². The van der Waals surface area contributed by atoms with Crippen LogP contribution in [0, 0.1) is 0 Å². The molecule has 1 saturated heterocycles. The van der Waals surface area contributed by atoms with Crippen LogP contribution in [0.3, 0.4) is 0 Å². The molecular formula is C45H86O12S. The summed E-state index contributed by atoms with van der Waals surface area (Å²) >= 11 is 0. The molecule has 0 radical (unpaired) electrons. The van der Waals surface area contributed by atoms with Gasteiger partial charge in [0.25, 0.3) is 10.1 Å². The monoisotopic (exact) mass is 851 g/mol. The molecule has 1 fully saturated rings. The second-order valence-electron chi connectivity index (χ2n) is 16.8. The molecule has 0 saturated carbocycles.